The molecule has 0 unspecified atom stereocenters. The molecule has 4 rings (SSSR count). The van der Waals surface area contributed by atoms with Crippen molar-refractivity contribution in [3.63, 3.8) is 0 Å². The van der Waals surface area contributed by atoms with E-state index < -0.39 is 11.7 Å². The Kier molecular flexibility index (Phi) is 7.04. The van der Waals surface area contributed by atoms with Crippen molar-refractivity contribution in [1.29, 1.82) is 5.26 Å². The number of carbonyl (C=O) groups is 2. The molecule has 3 heterocycles. The maximum Gasteiger partial charge on any atom is 0.410 e. The molecule has 2 amide bonds. The van der Waals surface area contributed by atoms with Crippen LogP contribution in [0.15, 0.2) is 36.7 Å². The molecular weight excluding hydrogens is 482 g/mol. The third-order valence-electron chi connectivity index (χ3n) is 5.55. The van der Waals surface area contributed by atoms with Gasteiger partial charge in [0, 0.05) is 37.1 Å². The lowest BCUT2D eigenvalue weighted by atomic mass is 10.1. The fourth-order valence-electron chi connectivity index (χ4n) is 3.85. The van der Waals surface area contributed by atoms with Crippen molar-refractivity contribution in [3.8, 4) is 17.3 Å². The van der Waals surface area contributed by atoms with Gasteiger partial charge in [-0.05, 0) is 45.9 Å². The van der Waals surface area contributed by atoms with Crippen LogP contribution in [0.25, 0.3) is 11.3 Å². The number of rotatable bonds is 5. The number of hydrogen-bond acceptors (Lipinski definition) is 6. The minimum absolute atomic E-state index is 0.216. The van der Waals surface area contributed by atoms with E-state index in [4.69, 9.17) is 21.6 Å². The fourth-order valence-corrected chi connectivity index (χ4v) is 4.07. The van der Waals surface area contributed by atoms with Crippen LogP contribution in [-0.4, -0.2) is 54.4 Å². The van der Waals surface area contributed by atoms with Crippen LogP contribution in [0.2, 0.25) is 5.02 Å². The Labute approximate surface area is 214 Å². The van der Waals surface area contributed by atoms with Gasteiger partial charge in [0.05, 0.1) is 29.4 Å². The van der Waals surface area contributed by atoms with E-state index in [1.165, 1.54) is 0 Å². The van der Waals surface area contributed by atoms with Crippen molar-refractivity contribution in [1.82, 2.24) is 29.5 Å². The number of carbonyl (C=O) groups excluding carboxylic acids is 2. The molecule has 3 aromatic rings. The molecule has 1 N–H and O–H groups in total. The maximum absolute atomic E-state index is 12.8. The van der Waals surface area contributed by atoms with E-state index in [0.717, 1.165) is 11.3 Å². The Bertz CT molecular complexity index is 1330. The minimum Gasteiger partial charge on any atom is -0.444 e. The van der Waals surface area contributed by atoms with Gasteiger partial charge in [0.15, 0.2) is 0 Å². The summed E-state index contributed by atoms with van der Waals surface area (Å²) in [5.74, 6) is 0.349. The average Bonchev–Trinajstić information content (AvgIpc) is 3.44. The first-order chi connectivity index (χ1) is 17.0. The highest BCUT2D eigenvalue weighted by molar-refractivity contribution is 6.32. The number of amides is 2. The summed E-state index contributed by atoms with van der Waals surface area (Å²) in [6.07, 6.45) is 3.15. The predicted octanol–water partition coefficient (Wildman–Crippen LogP) is 3.84. The van der Waals surface area contributed by atoms with E-state index in [1.54, 1.807) is 34.0 Å². The van der Waals surface area contributed by atoms with Gasteiger partial charge in [-0.3, -0.25) is 14.4 Å². The molecular formula is C25H28ClN7O3. The molecule has 1 aromatic carbocycles. The number of imidazole rings is 1. The van der Waals surface area contributed by atoms with E-state index >= 15 is 0 Å². The third-order valence-corrected chi connectivity index (χ3v) is 5.86. The first-order valence-electron chi connectivity index (χ1n) is 11.6. The normalized spacial score (nSPS) is 14.1. The molecule has 0 fully saturated rings. The quantitative estimate of drug-likeness (QED) is 0.558. The Balaban J connectivity index is 1.35. The van der Waals surface area contributed by atoms with E-state index in [-0.39, 0.29) is 18.5 Å². The number of benzene rings is 1. The van der Waals surface area contributed by atoms with Gasteiger partial charge in [-0.15, -0.1) is 0 Å². The minimum atomic E-state index is -0.574. The number of nitrogens with one attached hydrogen (secondary N) is 1. The second-order valence-electron chi connectivity index (χ2n) is 9.74. The Morgan fingerprint density at radius 1 is 1.28 bits per heavy atom. The van der Waals surface area contributed by atoms with Gasteiger partial charge < -0.3 is 14.6 Å². The standard InChI is InChI=1S/C25H28ClN7O3/c1-16(13-33-8-7-20(30-33)17-5-6-18(12-27)19(26)11-17)28-23(34)21-14-31-9-10-32(15-22(31)29-21)24(35)36-25(2,3)4/h5-8,11,14,16H,9-10,13,15H2,1-4H3,(H,28,34)/t16-/m0/s1. The number of hydrogen-bond donors (Lipinski definition) is 1. The van der Waals surface area contributed by atoms with Crippen molar-refractivity contribution < 1.29 is 14.3 Å². The summed E-state index contributed by atoms with van der Waals surface area (Å²) in [5, 5.41) is 16.9. The van der Waals surface area contributed by atoms with E-state index in [2.05, 4.69) is 15.4 Å². The van der Waals surface area contributed by atoms with Crippen molar-refractivity contribution in [2.75, 3.05) is 6.54 Å². The van der Waals surface area contributed by atoms with E-state index in [0.29, 0.717) is 41.7 Å². The molecule has 0 saturated carbocycles. The summed E-state index contributed by atoms with van der Waals surface area (Å²) in [6.45, 7) is 9.13. The zero-order valence-electron chi connectivity index (χ0n) is 20.7. The molecule has 1 aliphatic rings. The number of halogens is 1. The average molecular weight is 510 g/mol. The highest BCUT2D eigenvalue weighted by Crippen LogP contribution is 2.24. The lowest BCUT2D eigenvalue weighted by molar-refractivity contribution is 0.0195. The van der Waals surface area contributed by atoms with Crippen LogP contribution < -0.4 is 5.32 Å². The van der Waals surface area contributed by atoms with Crippen molar-refractivity contribution in [3.05, 3.63) is 58.8 Å². The number of ether oxygens (including phenoxy) is 1. The Morgan fingerprint density at radius 3 is 2.75 bits per heavy atom. The summed E-state index contributed by atoms with van der Waals surface area (Å²) in [5.41, 5.74) is 1.66. The summed E-state index contributed by atoms with van der Waals surface area (Å²) >= 11 is 6.13. The monoisotopic (exact) mass is 509 g/mol. The van der Waals surface area contributed by atoms with Crippen LogP contribution in [0.5, 0.6) is 0 Å². The molecule has 36 heavy (non-hydrogen) atoms. The number of nitrogens with zero attached hydrogens (tertiary/aromatic N) is 6. The van der Waals surface area contributed by atoms with Crippen LogP contribution in [0.1, 0.15) is 49.6 Å². The molecule has 1 atom stereocenters. The van der Waals surface area contributed by atoms with E-state index in [1.807, 2.05) is 50.6 Å². The molecule has 2 aromatic heterocycles. The summed E-state index contributed by atoms with van der Waals surface area (Å²) in [4.78, 5) is 31.2. The number of aromatic nitrogens is 4. The molecule has 0 aliphatic carbocycles. The Hall–Kier alpha value is -3.84. The topological polar surface area (TPSA) is 118 Å². The summed E-state index contributed by atoms with van der Waals surface area (Å²) in [6, 6.07) is 8.85. The highest BCUT2D eigenvalue weighted by Gasteiger charge is 2.28. The van der Waals surface area contributed by atoms with Crippen LogP contribution in [0, 0.1) is 11.3 Å². The Morgan fingerprint density at radius 2 is 2.06 bits per heavy atom. The van der Waals surface area contributed by atoms with Gasteiger partial charge in [-0.1, -0.05) is 17.7 Å². The molecule has 10 nitrogen and oxygen atoms in total. The van der Waals surface area contributed by atoms with Crippen LogP contribution in [0.3, 0.4) is 0 Å². The number of fused-ring (bicyclic) bond motifs is 1. The summed E-state index contributed by atoms with van der Waals surface area (Å²) < 4.78 is 9.08. The molecule has 11 heteroatoms. The highest BCUT2D eigenvalue weighted by atomic mass is 35.5. The van der Waals surface area contributed by atoms with Gasteiger partial charge in [0.1, 0.15) is 23.2 Å². The smallest absolute Gasteiger partial charge is 0.410 e. The second kappa shape index (κ2) is 10.0. The molecule has 0 saturated heterocycles. The molecule has 0 bridgehead atoms. The SMILES string of the molecule is C[C@@H](Cn1ccc(-c2ccc(C#N)c(Cl)c2)n1)NC(=O)c1cn2c(n1)CN(C(=O)OC(C)(C)C)CC2. The van der Waals surface area contributed by atoms with Gasteiger partial charge in [-0.25, -0.2) is 9.78 Å². The van der Waals surface area contributed by atoms with Gasteiger partial charge in [0.2, 0.25) is 0 Å². The fraction of sp³-hybridized carbons (Fsp3) is 0.400. The molecule has 0 radical (unpaired) electrons. The van der Waals surface area contributed by atoms with Crippen LogP contribution in [0.4, 0.5) is 4.79 Å². The van der Waals surface area contributed by atoms with Crippen molar-refractivity contribution in [2.24, 2.45) is 0 Å². The van der Waals surface area contributed by atoms with Gasteiger partial charge >= 0.3 is 6.09 Å². The maximum atomic E-state index is 12.8. The van der Waals surface area contributed by atoms with Crippen molar-refractivity contribution >= 4 is 23.6 Å². The molecule has 0 spiro atoms. The third kappa shape index (κ3) is 5.86. The van der Waals surface area contributed by atoms with Crippen LogP contribution in [-0.2, 0) is 24.4 Å². The summed E-state index contributed by atoms with van der Waals surface area (Å²) in [7, 11) is 0. The number of nitriles is 1. The lowest BCUT2D eigenvalue weighted by Crippen LogP contribution is -2.41. The van der Waals surface area contributed by atoms with Gasteiger partial charge in [-0.2, -0.15) is 10.4 Å². The zero-order chi connectivity index (χ0) is 26.0. The van der Waals surface area contributed by atoms with Crippen molar-refractivity contribution in [2.45, 2.75) is 59.0 Å². The molecule has 1 aliphatic heterocycles. The largest absolute Gasteiger partial charge is 0.444 e. The first kappa shape index (κ1) is 25.3. The lowest BCUT2D eigenvalue weighted by Gasteiger charge is -2.30. The predicted molar refractivity (Wildman–Crippen MR) is 133 cm³/mol. The first-order valence-corrected chi connectivity index (χ1v) is 12.0. The van der Waals surface area contributed by atoms with Crippen LogP contribution >= 0.6 is 11.6 Å². The van der Waals surface area contributed by atoms with Gasteiger partial charge in [0.25, 0.3) is 5.91 Å². The zero-order valence-corrected chi connectivity index (χ0v) is 21.4. The van der Waals surface area contributed by atoms with E-state index in [9.17, 15) is 9.59 Å². The second-order valence-corrected chi connectivity index (χ2v) is 10.1. The molecule has 188 valence electrons.